The van der Waals surface area contributed by atoms with E-state index in [1.165, 1.54) is 0 Å². The summed E-state index contributed by atoms with van der Waals surface area (Å²) in [6.07, 6.45) is 2.58. The van der Waals surface area contributed by atoms with Crippen LogP contribution in [0.1, 0.15) is 37.3 Å². The van der Waals surface area contributed by atoms with Crippen LogP contribution in [0, 0.1) is 0 Å². The van der Waals surface area contributed by atoms with Gasteiger partial charge >= 0.3 is 6.03 Å². The van der Waals surface area contributed by atoms with E-state index in [0.29, 0.717) is 18.9 Å². The highest BCUT2D eigenvalue weighted by Gasteiger charge is 2.30. The van der Waals surface area contributed by atoms with Crippen LogP contribution in [-0.4, -0.2) is 48.9 Å². The van der Waals surface area contributed by atoms with Crippen LogP contribution in [0.15, 0.2) is 16.5 Å². The van der Waals surface area contributed by atoms with Gasteiger partial charge in [-0.2, -0.15) is 0 Å². The topological polar surface area (TPSA) is 74.9 Å². The molecule has 1 aromatic rings. The normalized spacial score (nSPS) is 19.8. The summed E-state index contributed by atoms with van der Waals surface area (Å²) >= 11 is 0. The largest absolute Gasteiger partial charge is 0.464 e. The molecule has 0 radical (unpaired) electrons. The zero-order valence-corrected chi connectivity index (χ0v) is 12.7. The molecule has 2 amide bonds. The van der Waals surface area contributed by atoms with Gasteiger partial charge in [-0.3, -0.25) is 0 Å². The number of nitrogens with zero attached hydrogens (tertiary/aromatic N) is 1. The summed E-state index contributed by atoms with van der Waals surface area (Å²) in [5.74, 6) is 1.58. The van der Waals surface area contributed by atoms with Crippen LogP contribution < -0.4 is 5.32 Å². The second-order valence-corrected chi connectivity index (χ2v) is 5.29. The zero-order chi connectivity index (χ0) is 15.2. The van der Waals surface area contributed by atoms with Crippen molar-refractivity contribution in [3.8, 4) is 0 Å². The number of hydrogen-bond donors (Lipinski definition) is 2. The van der Waals surface area contributed by atoms with Crippen molar-refractivity contribution in [1.82, 2.24) is 10.2 Å². The van der Waals surface area contributed by atoms with Gasteiger partial charge in [0.2, 0.25) is 0 Å². The summed E-state index contributed by atoms with van der Waals surface area (Å²) in [5, 5.41) is 12.2. The predicted octanol–water partition coefficient (Wildman–Crippen LogP) is 1.70. The monoisotopic (exact) mass is 296 g/mol. The van der Waals surface area contributed by atoms with Crippen molar-refractivity contribution in [3.05, 3.63) is 23.7 Å². The number of aryl methyl sites for hydroxylation is 1. The van der Waals surface area contributed by atoms with Gasteiger partial charge in [-0.25, -0.2) is 4.79 Å². The van der Waals surface area contributed by atoms with E-state index in [9.17, 15) is 9.90 Å². The highest BCUT2D eigenvalue weighted by molar-refractivity contribution is 5.75. The van der Waals surface area contributed by atoms with E-state index in [4.69, 9.17) is 9.15 Å². The van der Waals surface area contributed by atoms with Crippen LogP contribution >= 0.6 is 0 Å². The minimum Gasteiger partial charge on any atom is -0.464 e. The van der Waals surface area contributed by atoms with Crippen LogP contribution in [0.25, 0.3) is 0 Å². The third-order valence-corrected chi connectivity index (χ3v) is 3.85. The Balaban J connectivity index is 2.03. The molecule has 1 fully saturated rings. The van der Waals surface area contributed by atoms with E-state index < -0.39 is 0 Å². The van der Waals surface area contributed by atoms with Crippen LogP contribution in [-0.2, 0) is 11.2 Å². The first-order valence-corrected chi connectivity index (χ1v) is 7.45. The number of amides is 2. The second-order valence-electron chi connectivity index (χ2n) is 5.29. The third kappa shape index (κ3) is 3.77. The Morgan fingerprint density at radius 2 is 2.43 bits per heavy atom. The predicted molar refractivity (Wildman–Crippen MR) is 78.0 cm³/mol. The first kappa shape index (κ1) is 15.9. The lowest BCUT2D eigenvalue weighted by Gasteiger charge is -2.26. The fourth-order valence-electron chi connectivity index (χ4n) is 2.66. The number of carbonyl (C=O) groups is 1. The molecule has 0 aromatic carbocycles. The van der Waals surface area contributed by atoms with Gasteiger partial charge in [0.05, 0.1) is 19.3 Å². The van der Waals surface area contributed by atoms with Crippen molar-refractivity contribution in [2.75, 3.05) is 26.9 Å². The smallest absolute Gasteiger partial charge is 0.318 e. The molecule has 2 atom stereocenters. The van der Waals surface area contributed by atoms with Gasteiger partial charge in [0, 0.05) is 20.1 Å². The summed E-state index contributed by atoms with van der Waals surface area (Å²) in [4.78, 5) is 14.0. The van der Waals surface area contributed by atoms with E-state index in [1.807, 2.05) is 19.1 Å². The van der Waals surface area contributed by atoms with Gasteiger partial charge < -0.3 is 24.5 Å². The number of aliphatic hydroxyl groups is 1. The molecule has 0 spiro atoms. The standard InChI is InChI=1S/C15H24N2O4/c1-3-12-6-7-14(21-12)13(10-20-2)16-15(19)17-8-4-5-11(17)9-18/h6-7,11,13,18H,3-5,8-10H2,1-2H3,(H,16,19). The van der Waals surface area contributed by atoms with Gasteiger partial charge in [0.1, 0.15) is 17.6 Å². The number of carbonyl (C=O) groups excluding carboxylic acids is 1. The van der Waals surface area contributed by atoms with Gasteiger partial charge in [0.15, 0.2) is 0 Å². The number of aliphatic hydroxyl groups excluding tert-OH is 1. The molecule has 1 aliphatic rings. The molecule has 1 aromatic heterocycles. The average Bonchev–Trinajstić information content (AvgIpc) is 3.15. The Hall–Kier alpha value is -1.53. The first-order chi connectivity index (χ1) is 10.2. The Labute approximate surface area is 125 Å². The second kappa shape index (κ2) is 7.47. The van der Waals surface area contributed by atoms with Crippen molar-refractivity contribution >= 4 is 6.03 Å². The summed E-state index contributed by atoms with van der Waals surface area (Å²) < 4.78 is 10.9. The van der Waals surface area contributed by atoms with Gasteiger partial charge in [-0.05, 0) is 25.0 Å². The van der Waals surface area contributed by atoms with Crippen molar-refractivity contribution in [1.29, 1.82) is 0 Å². The maximum Gasteiger partial charge on any atom is 0.318 e. The average molecular weight is 296 g/mol. The molecule has 1 aliphatic heterocycles. The van der Waals surface area contributed by atoms with E-state index in [1.54, 1.807) is 12.0 Å². The lowest BCUT2D eigenvalue weighted by molar-refractivity contribution is 0.133. The minimum atomic E-state index is -0.317. The first-order valence-electron chi connectivity index (χ1n) is 7.45. The summed E-state index contributed by atoms with van der Waals surface area (Å²) in [5.41, 5.74) is 0. The molecule has 118 valence electrons. The Bertz CT molecular complexity index is 460. The molecular formula is C15H24N2O4. The van der Waals surface area contributed by atoms with Crippen molar-refractivity contribution in [2.24, 2.45) is 0 Å². The minimum absolute atomic E-state index is 0.00307. The molecule has 2 N–H and O–H groups in total. The highest BCUT2D eigenvalue weighted by Crippen LogP contribution is 2.21. The number of urea groups is 1. The fraction of sp³-hybridized carbons (Fsp3) is 0.667. The molecule has 21 heavy (non-hydrogen) atoms. The molecule has 1 saturated heterocycles. The summed E-state index contributed by atoms with van der Waals surface area (Å²) in [6, 6.07) is 3.20. The van der Waals surface area contributed by atoms with Gasteiger partial charge in [-0.15, -0.1) is 0 Å². The lowest BCUT2D eigenvalue weighted by Crippen LogP contribution is -2.46. The molecule has 2 heterocycles. The fourth-order valence-corrected chi connectivity index (χ4v) is 2.66. The van der Waals surface area contributed by atoms with Crippen molar-refractivity contribution in [3.63, 3.8) is 0 Å². The van der Waals surface area contributed by atoms with Crippen LogP contribution in [0.2, 0.25) is 0 Å². The van der Waals surface area contributed by atoms with E-state index in [-0.39, 0.29) is 24.7 Å². The van der Waals surface area contributed by atoms with Crippen LogP contribution in [0.4, 0.5) is 4.79 Å². The van der Waals surface area contributed by atoms with E-state index in [2.05, 4.69) is 5.32 Å². The molecule has 0 aliphatic carbocycles. The molecule has 6 nitrogen and oxygen atoms in total. The number of methoxy groups -OCH3 is 1. The number of nitrogens with one attached hydrogen (secondary N) is 1. The number of rotatable bonds is 6. The Kier molecular flexibility index (Phi) is 5.64. The maximum absolute atomic E-state index is 12.4. The number of hydrogen-bond acceptors (Lipinski definition) is 4. The summed E-state index contributed by atoms with van der Waals surface area (Å²) in [6.45, 7) is 3.04. The Morgan fingerprint density at radius 1 is 1.62 bits per heavy atom. The molecule has 0 saturated carbocycles. The quantitative estimate of drug-likeness (QED) is 0.838. The summed E-state index contributed by atoms with van der Waals surface area (Å²) in [7, 11) is 1.59. The lowest BCUT2D eigenvalue weighted by atomic mass is 10.2. The van der Waals surface area contributed by atoms with E-state index >= 15 is 0 Å². The highest BCUT2D eigenvalue weighted by atomic mass is 16.5. The maximum atomic E-state index is 12.4. The molecule has 2 unspecified atom stereocenters. The SMILES string of the molecule is CCc1ccc(C(COC)NC(=O)N2CCCC2CO)o1. The van der Waals surface area contributed by atoms with E-state index in [0.717, 1.165) is 25.0 Å². The van der Waals surface area contributed by atoms with Crippen LogP contribution in [0.3, 0.4) is 0 Å². The Morgan fingerprint density at radius 3 is 3.05 bits per heavy atom. The molecule has 0 bridgehead atoms. The number of furan rings is 1. The van der Waals surface area contributed by atoms with Crippen LogP contribution in [0.5, 0.6) is 0 Å². The van der Waals surface area contributed by atoms with Gasteiger partial charge in [0.25, 0.3) is 0 Å². The number of likely N-dealkylation sites (tertiary alicyclic amines) is 1. The molecule has 2 rings (SSSR count). The zero-order valence-electron chi connectivity index (χ0n) is 12.7. The third-order valence-electron chi connectivity index (χ3n) is 3.85. The molecule has 6 heteroatoms. The van der Waals surface area contributed by atoms with Crippen molar-refractivity contribution < 1.29 is 19.1 Å². The van der Waals surface area contributed by atoms with Crippen molar-refractivity contribution in [2.45, 2.75) is 38.3 Å². The number of ether oxygens (including phenoxy) is 1. The molecular weight excluding hydrogens is 272 g/mol. The van der Waals surface area contributed by atoms with Gasteiger partial charge in [-0.1, -0.05) is 6.92 Å².